The van der Waals surface area contributed by atoms with Crippen LogP contribution in [0, 0.1) is 0 Å². The van der Waals surface area contributed by atoms with Gasteiger partial charge < -0.3 is 0 Å². The minimum Gasteiger partial charge on any atom is -0.280 e. The maximum Gasteiger partial charge on any atom is 0.261 e. The number of hydrogen-bond donors (Lipinski definition) is 1. The lowest BCUT2D eigenvalue weighted by Gasteiger charge is -2.10. The molecule has 2 aromatic rings. The average Bonchev–Trinajstić information content (AvgIpc) is 2.39. The molecule has 0 saturated heterocycles. The average molecular weight is 308 g/mol. The molecule has 0 aliphatic heterocycles. The molecule has 0 atom stereocenters. The third-order valence-corrected chi connectivity index (χ3v) is 4.44. The van der Waals surface area contributed by atoms with E-state index in [0.29, 0.717) is 10.7 Å². The van der Waals surface area contributed by atoms with E-state index in [4.69, 9.17) is 11.6 Å². The van der Waals surface area contributed by atoms with Gasteiger partial charge in [0.2, 0.25) is 0 Å². The van der Waals surface area contributed by atoms with Crippen LogP contribution in [0.1, 0.15) is 12.5 Å². The Morgan fingerprint density at radius 1 is 1.15 bits per heavy atom. The molecule has 20 heavy (non-hydrogen) atoms. The van der Waals surface area contributed by atoms with Crippen molar-refractivity contribution in [3.05, 3.63) is 65.7 Å². The van der Waals surface area contributed by atoms with Crippen LogP contribution in [-0.2, 0) is 10.0 Å². The molecule has 0 aliphatic carbocycles. The van der Waals surface area contributed by atoms with Gasteiger partial charge in [-0.3, -0.25) is 4.72 Å². The minimum atomic E-state index is -3.59. The van der Waals surface area contributed by atoms with Crippen molar-refractivity contribution in [3.8, 4) is 0 Å². The highest BCUT2D eigenvalue weighted by atomic mass is 35.5. The Kier molecular flexibility index (Phi) is 4.16. The van der Waals surface area contributed by atoms with E-state index in [-0.39, 0.29) is 4.90 Å². The van der Waals surface area contributed by atoms with Crippen LogP contribution >= 0.6 is 11.6 Å². The molecule has 2 aromatic carbocycles. The highest BCUT2D eigenvalue weighted by Gasteiger charge is 2.14. The van der Waals surface area contributed by atoms with Gasteiger partial charge in [-0.1, -0.05) is 42.4 Å². The highest BCUT2D eigenvalue weighted by Crippen LogP contribution is 2.27. The summed E-state index contributed by atoms with van der Waals surface area (Å²) in [4.78, 5) is 0.208. The van der Waals surface area contributed by atoms with Crippen molar-refractivity contribution in [2.45, 2.75) is 11.8 Å². The van der Waals surface area contributed by atoms with Crippen molar-refractivity contribution in [2.24, 2.45) is 0 Å². The molecule has 0 spiro atoms. The van der Waals surface area contributed by atoms with Crippen molar-refractivity contribution in [1.82, 2.24) is 0 Å². The number of rotatable bonds is 4. The van der Waals surface area contributed by atoms with E-state index >= 15 is 0 Å². The van der Waals surface area contributed by atoms with Crippen LogP contribution in [0.2, 0.25) is 5.02 Å². The second-order valence-corrected chi connectivity index (χ2v) is 6.48. The lowest BCUT2D eigenvalue weighted by Crippen LogP contribution is -2.12. The maximum absolute atomic E-state index is 12.2. The molecule has 1 N–H and O–H groups in total. The fourth-order valence-corrected chi connectivity index (χ4v) is 3.15. The van der Waals surface area contributed by atoms with Crippen molar-refractivity contribution in [3.63, 3.8) is 0 Å². The third-order valence-electron chi connectivity index (χ3n) is 2.73. The van der Waals surface area contributed by atoms with Crippen LogP contribution in [0.25, 0.3) is 5.57 Å². The first-order chi connectivity index (χ1) is 9.40. The Hall–Kier alpha value is -1.78. The molecule has 0 radical (unpaired) electrons. The predicted octanol–water partition coefficient (Wildman–Crippen LogP) is 4.17. The van der Waals surface area contributed by atoms with Gasteiger partial charge in [0.15, 0.2) is 0 Å². The van der Waals surface area contributed by atoms with E-state index < -0.39 is 10.0 Å². The minimum absolute atomic E-state index is 0.208. The molecule has 3 nitrogen and oxygen atoms in total. The van der Waals surface area contributed by atoms with Gasteiger partial charge in [0, 0.05) is 0 Å². The lowest BCUT2D eigenvalue weighted by atomic mass is 10.1. The molecular formula is C15H14ClNO2S. The summed E-state index contributed by atoms with van der Waals surface area (Å²) < 4.78 is 26.8. The largest absolute Gasteiger partial charge is 0.280 e. The molecule has 0 fully saturated rings. The number of allylic oxidation sites excluding steroid dienone is 1. The zero-order valence-corrected chi connectivity index (χ0v) is 12.5. The van der Waals surface area contributed by atoms with Crippen molar-refractivity contribution >= 4 is 32.9 Å². The Balaban J connectivity index is 2.31. The highest BCUT2D eigenvalue weighted by molar-refractivity contribution is 7.92. The molecule has 2 rings (SSSR count). The van der Waals surface area contributed by atoms with E-state index in [2.05, 4.69) is 11.3 Å². The van der Waals surface area contributed by atoms with Crippen molar-refractivity contribution < 1.29 is 8.42 Å². The zero-order valence-electron chi connectivity index (χ0n) is 10.9. The molecule has 5 heteroatoms. The first-order valence-corrected chi connectivity index (χ1v) is 7.79. The van der Waals surface area contributed by atoms with E-state index in [9.17, 15) is 8.42 Å². The molecule has 0 aliphatic rings. The first kappa shape index (κ1) is 14.6. The fraction of sp³-hybridized carbons (Fsp3) is 0.0667. The standard InChI is InChI=1S/C15H14ClNO2S/c1-11(2)14-9-8-12(10-15(14)16)17-20(18,19)13-6-4-3-5-7-13/h3-10,17H,1H2,2H3. The van der Waals surface area contributed by atoms with Gasteiger partial charge in [0.25, 0.3) is 10.0 Å². The van der Waals surface area contributed by atoms with Gasteiger partial charge in [-0.15, -0.1) is 0 Å². The smallest absolute Gasteiger partial charge is 0.261 e. The van der Waals surface area contributed by atoms with Gasteiger partial charge in [-0.2, -0.15) is 0 Å². The SMILES string of the molecule is C=C(C)c1ccc(NS(=O)(=O)c2ccccc2)cc1Cl. The predicted molar refractivity (Wildman–Crippen MR) is 83.4 cm³/mol. The topological polar surface area (TPSA) is 46.2 Å². The molecule has 0 aromatic heterocycles. The number of benzene rings is 2. The number of halogens is 1. The number of sulfonamides is 1. The van der Waals surface area contributed by atoms with E-state index in [1.165, 1.54) is 12.1 Å². The lowest BCUT2D eigenvalue weighted by molar-refractivity contribution is 0.601. The summed E-state index contributed by atoms with van der Waals surface area (Å²) in [5.74, 6) is 0. The van der Waals surface area contributed by atoms with E-state index in [0.717, 1.165) is 11.1 Å². The molecule has 104 valence electrons. The van der Waals surface area contributed by atoms with Crippen molar-refractivity contribution in [1.29, 1.82) is 0 Å². The van der Waals surface area contributed by atoms with Gasteiger partial charge in [0.1, 0.15) is 0 Å². The van der Waals surface area contributed by atoms with E-state index in [1.807, 2.05) is 6.92 Å². The van der Waals surface area contributed by atoms with Gasteiger partial charge >= 0.3 is 0 Å². The summed E-state index contributed by atoms with van der Waals surface area (Å²) in [6.07, 6.45) is 0. The molecule has 0 saturated carbocycles. The molecule has 0 heterocycles. The van der Waals surface area contributed by atoms with Crippen LogP contribution in [0.3, 0.4) is 0 Å². The number of nitrogens with one attached hydrogen (secondary N) is 1. The van der Waals surface area contributed by atoms with Gasteiger partial charge in [-0.25, -0.2) is 8.42 Å². The number of anilines is 1. The Morgan fingerprint density at radius 2 is 1.80 bits per heavy atom. The Morgan fingerprint density at radius 3 is 2.35 bits per heavy atom. The molecule has 0 bridgehead atoms. The normalized spacial score (nSPS) is 11.1. The molecule has 0 amide bonds. The number of hydrogen-bond acceptors (Lipinski definition) is 2. The van der Waals surface area contributed by atoms with Crippen LogP contribution in [-0.4, -0.2) is 8.42 Å². The summed E-state index contributed by atoms with van der Waals surface area (Å²) >= 11 is 6.10. The second-order valence-electron chi connectivity index (χ2n) is 4.39. The maximum atomic E-state index is 12.2. The zero-order chi connectivity index (χ0) is 14.8. The Labute approximate surface area is 124 Å². The quantitative estimate of drug-likeness (QED) is 0.921. The molecule has 0 unspecified atom stereocenters. The van der Waals surface area contributed by atoms with Crippen molar-refractivity contribution in [2.75, 3.05) is 4.72 Å². The Bertz CT molecular complexity index is 740. The summed E-state index contributed by atoms with van der Waals surface area (Å²) in [6.45, 7) is 5.66. The monoisotopic (exact) mass is 307 g/mol. The third kappa shape index (κ3) is 3.21. The fourth-order valence-electron chi connectivity index (χ4n) is 1.74. The second kappa shape index (κ2) is 5.69. The summed E-state index contributed by atoms with van der Waals surface area (Å²) in [7, 11) is -3.59. The summed E-state index contributed by atoms with van der Waals surface area (Å²) in [5.41, 5.74) is 2.05. The van der Waals surface area contributed by atoms with Crippen LogP contribution < -0.4 is 4.72 Å². The van der Waals surface area contributed by atoms with Crippen LogP contribution in [0.4, 0.5) is 5.69 Å². The summed E-state index contributed by atoms with van der Waals surface area (Å²) in [5, 5.41) is 0.464. The van der Waals surface area contributed by atoms with Crippen LogP contribution in [0.5, 0.6) is 0 Å². The van der Waals surface area contributed by atoms with Gasteiger partial charge in [0.05, 0.1) is 15.6 Å². The molecular weight excluding hydrogens is 294 g/mol. The van der Waals surface area contributed by atoms with Gasteiger partial charge in [-0.05, 0) is 42.3 Å². The van der Waals surface area contributed by atoms with Crippen LogP contribution in [0.15, 0.2) is 60.0 Å². The summed E-state index contributed by atoms with van der Waals surface area (Å²) in [6, 6.07) is 13.2. The first-order valence-electron chi connectivity index (χ1n) is 5.93. The van der Waals surface area contributed by atoms with E-state index in [1.54, 1.807) is 36.4 Å².